The number of aromatic nitrogens is 1. The third kappa shape index (κ3) is 4.91. The average Bonchev–Trinajstić information content (AvgIpc) is 3.15. The lowest BCUT2D eigenvalue weighted by Crippen LogP contribution is -2.51. The van der Waals surface area contributed by atoms with Crippen LogP contribution in [0.2, 0.25) is 5.02 Å². The monoisotopic (exact) mass is 503 g/mol. The first-order valence-electron chi connectivity index (χ1n) is 10.7. The molecule has 1 fully saturated rings. The molecule has 0 aliphatic carbocycles. The molecule has 2 amide bonds. The Morgan fingerprint density at radius 2 is 1.52 bits per heavy atom. The molecule has 1 aliphatic heterocycles. The maximum atomic E-state index is 13.5. The van der Waals surface area contributed by atoms with Crippen LogP contribution in [0.5, 0.6) is 0 Å². The number of nitrogens with zero attached hydrogens (tertiary/aromatic N) is 3. The lowest BCUT2D eigenvalue weighted by molar-refractivity contribution is -0.130. The van der Waals surface area contributed by atoms with Crippen LogP contribution in [0.15, 0.2) is 54.6 Å². The molecule has 172 valence electrons. The number of rotatable bonds is 4. The summed E-state index contributed by atoms with van der Waals surface area (Å²) >= 11 is 17.5. The fourth-order valence-electron chi connectivity index (χ4n) is 4.19. The van der Waals surface area contributed by atoms with Crippen molar-refractivity contribution in [1.82, 2.24) is 14.4 Å². The molecule has 0 N–H and O–H groups in total. The van der Waals surface area contributed by atoms with Gasteiger partial charge in [0.1, 0.15) is 0 Å². The smallest absolute Gasteiger partial charge is 0.255 e. The molecular weight excluding hydrogens is 481 g/mol. The molecule has 5 nitrogen and oxygen atoms in total. The first-order chi connectivity index (χ1) is 15.8. The maximum Gasteiger partial charge on any atom is 0.255 e. The summed E-state index contributed by atoms with van der Waals surface area (Å²) in [4.78, 5) is 27.9. The van der Waals surface area contributed by atoms with Crippen LogP contribution < -0.4 is 0 Å². The van der Waals surface area contributed by atoms with Gasteiger partial charge in [0.05, 0.1) is 11.3 Å². The fourth-order valence-corrected chi connectivity index (χ4v) is 4.60. The SMILES string of the molecule is Cc1cccc(-n2c(-c3ccc(Cl)cc3)cc(C(=O)N3CCN(C(=O)C(Cl)Cl)CC3)c2C)c1. The molecule has 2 heterocycles. The third-order valence-electron chi connectivity index (χ3n) is 5.94. The lowest BCUT2D eigenvalue weighted by Gasteiger charge is -2.35. The Balaban J connectivity index is 1.69. The number of hydrogen-bond donors (Lipinski definition) is 0. The van der Waals surface area contributed by atoms with Gasteiger partial charge in [-0.05, 0) is 55.3 Å². The minimum atomic E-state index is -1.08. The zero-order valence-corrected chi connectivity index (χ0v) is 20.7. The van der Waals surface area contributed by atoms with Gasteiger partial charge in [0.2, 0.25) is 0 Å². The molecule has 0 bridgehead atoms. The highest BCUT2D eigenvalue weighted by Crippen LogP contribution is 2.31. The Morgan fingerprint density at radius 1 is 0.879 bits per heavy atom. The van der Waals surface area contributed by atoms with E-state index in [1.54, 1.807) is 9.80 Å². The Labute approximate surface area is 208 Å². The Bertz CT molecular complexity index is 1180. The van der Waals surface area contributed by atoms with E-state index in [4.69, 9.17) is 34.8 Å². The highest BCUT2D eigenvalue weighted by Gasteiger charge is 2.29. The molecule has 33 heavy (non-hydrogen) atoms. The van der Waals surface area contributed by atoms with E-state index < -0.39 is 4.84 Å². The van der Waals surface area contributed by atoms with Gasteiger partial charge in [-0.1, -0.05) is 59.1 Å². The topological polar surface area (TPSA) is 45.6 Å². The highest BCUT2D eigenvalue weighted by atomic mass is 35.5. The number of amides is 2. The number of benzene rings is 2. The van der Waals surface area contributed by atoms with Crippen molar-refractivity contribution in [2.45, 2.75) is 18.7 Å². The first-order valence-corrected chi connectivity index (χ1v) is 11.9. The number of halogens is 3. The van der Waals surface area contributed by atoms with Gasteiger partial charge in [-0.15, -0.1) is 0 Å². The number of hydrogen-bond acceptors (Lipinski definition) is 2. The van der Waals surface area contributed by atoms with Crippen molar-refractivity contribution in [1.29, 1.82) is 0 Å². The van der Waals surface area contributed by atoms with Crippen LogP contribution in [0.25, 0.3) is 16.9 Å². The molecule has 1 saturated heterocycles. The second-order valence-corrected chi connectivity index (χ2v) is 9.66. The molecule has 8 heteroatoms. The van der Waals surface area contributed by atoms with Crippen molar-refractivity contribution in [3.05, 3.63) is 76.4 Å². The van der Waals surface area contributed by atoms with E-state index in [2.05, 4.69) is 10.6 Å². The Hall–Kier alpha value is -2.47. The van der Waals surface area contributed by atoms with Crippen LogP contribution >= 0.6 is 34.8 Å². The molecule has 4 rings (SSSR count). The van der Waals surface area contributed by atoms with E-state index in [9.17, 15) is 9.59 Å². The fraction of sp³-hybridized carbons (Fsp3) is 0.280. The second-order valence-electron chi connectivity index (χ2n) is 8.13. The minimum Gasteiger partial charge on any atom is -0.337 e. The summed E-state index contributed by atoms with van der Waals surface area (Å²) < 4.78 is 2.11. The molecule has 0 radical (unpaired) electrons. The van der Waals surface area contributed by atoms with Crippen LogP contribution in [-0.4, -0.2) is 57.2 Å². The zero-order chi connectivity index (χ0) is 23.7. The molecular formula is C25H24Cl3N3O2. The number of aryl methyl sites for hydroxylation is 1. The summed E-state index contributed by atoms with van der Waals surface area (Å²) in [5.74, 6) is -0.383. The summed E-state index contributed by atoms with van der Waals surface area (Å²) in [6.45, 7) is 5.67. The summed E-state index contributed by atoms with van der Waals surface area (Å²) in [6.07, 6.45) is 0. The van der Waals surface area contributed by atoms with Crippen molar-refractivity contribution in [2.24, 2.45) is 0 Å². The molecule has 1 aromatic heterocycles. The summed E-state index contributed by atoms with van der Waals surface area (Å²) in [7, 11) is 0. The van der Waals surface area contributed by atoms with Gasteiger partial charge in [-0.25, -0.2) is 0 Å². The van der Waals surface area contributed by atoms with Gasteiger partial charge in [0, 0.05) is 42.6 Å². The Morgan fingerprint density at radius 3 is 2.12 bits per heavy atom. The van der Waals surface area contributed by atoms with Crippen molar-refractivity contribution in [2.75, 3.05) is 26.2 Å². The van der Waals surface area contributed by atoms with E-state index in [1.165, 1.54) is 0 Å². The van der Waals surface area contributed by atoms with Crippen molar-refractivity contribution in [3.63, 3.8) is 0 Å². The molecule has 3 aromatic rings. The van der Waals surface area contributed by atoms with Gasteiger partial charge in [-0.3, -0.25) is 9.59 Å². The average molecular weight is 505 g/mol. The van der Waals surface area contributed by atoms with Gasteiger partial charge < -0.3 is 14.4 Å². The third-order valence-corrected chi connectivity index (χ3v) is 6.57. The Kier molecular flexibility index (Phi) is 7.03. The van der Waals surface area contributed by atoms with Crippen molar-refractivity contribution in [3.8, 4) is 16.9 Å². The van der Waals surface area contributed by atoms with Gasteiger partial charge in [0.25, 0.3) is 11.8 Å². The van der Waals surface area contributed by atoms with Gasteiger partial charge in [0.15, 0.2) is 4.84 Å². The second kappa shape index (κ2) is 9.80. The summed E-state index contributed by atoms with van der Waals surface area (Å²) in [5, 5.41) is 0.656. The molecule has 0 saturated carbocycles. The van der Waals surface area contributed by atoms with E-state index in [0.717, 1.165) is 28.2 Å². The highest BCUT2D eigenvalue weighted by molar-refractivity contribution is 6.53. The van der Waals surface area contributed by atoms with Crippen molar-refractivity contribution < 1.29 is 9.59 Å². The predicted octanol–water partition coefficient (Wildman–Crippen LogP) is 5.50. The quantitative estimate of drug-likeness (QED) is 0.440. The standard InChI is InChI=1S/C25H24Cl3N3O2/c1-16-4-3-5-20(14-16)31-17(2)21(15-22(31)18-6-8-19(26)9-7-18)24(32)29-10-12-30(13-11-29)25(33)23(27)28/h3-9,14-15,23H,10-13H2,1-2H3. The largest absolute Gasteiger partial charge is 0.337 e. The number of alkyl halides is 2. The molecule has 0 atom stereocenters. The van der Waals surface area contributed by atoms with Gasteiger partial charge >= 0.3 is 0 Å². The maximum absolute atomic E-state index is 13.5. The molecule has 0 unspecified atom stereocenters. The lowest BCUT2D eigenvalue weighted by atomic mass is 10.1. The van der Waals surface area contributed by atoms with Crippen LogP contribution in [0, 0.1) is 13.8 Å². The molecule has 2 aromatic carbocycles. The van der Waals surface area contributed by atoms with E-state index in [0.29, 0.717) is 36.8 Å². The van der Waals surface area contributed by atoms with Crippen LogP contribution in [0.4, 0.5) is 0 Å². The number of piperazine rings is 1. The molecule has 0 spiro atoms. The normalized spacial score (nSPS) is 14.1. The summed E-state index contributed by atoms with van der Waals surface area (Å²) in [6, 6.07) is 17.7. The molecule has 1 aliphatic rings. The zero-order valence-electron chi connectivity index (χ0n) is 18.4. The predicted molar refractivity (Wildman–Crippen MR) is 134 cm³/mol. The number of carbonyl (C=O) groups excluding carboxylic acids is 2. The van der Waals surface area contributed by atoms with E-state index in [-0.39, 0.29) is 11.8 Å². The minimum absolute atomic E-state index is 0.0606. The summed E-state index contributed by atoms with van der Waals surface area (Å²) in [5.41, 5.74) is 5.49. The first kappa shape index (κ1) is 23.7. The van der Waals surface area contributed by atoms with E-state index in [1.807, 2.05) is 62.4 Å². The van der Waals surface area contributed by atoms with Crippen molar-refractivity contribution >= 4 is 46.6 Å². The van der Waals surface area contributed by atoms with Gasteiger partial charge in [-0.2, -0.15) is 0 Å². The van der Waals surface area contributed by atoms with Crippen LogP contribution in [0.1, 0.15) is 21.6 Å². The van der Waals surface area contributed by atoms with E-state index >= 15 is 0 Å². The van der Waals surface area contributed by atoms with Crippen LogP contribution in [-0.2, 0) is 4.79 Å². The number of carbonyl (C=O) groups is 2. The van der Waals surface area contributed by atoms with Crippen LogP contribution in [0.3, 0.4) is 0 Å².